The maximum atomic E-state index is 11.6. The van der Waals surface area contributed by atoms with Gasteiger partial charge in [-0.3, -0.25) is 4.79 Å². The Kier molecular flexibility index (Phi) is 3.74. The molecule has 0 heterocycles. The van der Waals surface area contributed by atoms with E-state index in [1.54, 1.807) is 0 Å². The van der Waals surface area contributed by atoms with Gasteiger partial charge >= 0.3 is 0 Å². The van der Waals surface area contributed by atoms with Crippen molar-refractivity contribution in [1.29, 1.82) is 0 Å². The fraction of sp³-hybridized carbons (Fsp3) is 0.562. The Balaban J connectivity index is 2.35. The fourth-order valence-electron chi connectivity index (χ4n) is 3.10. The molecule has 1 aromatic carbocycles. The molecule has 1 amide bonds. The molecule has 0 atom stereocenters. The van der Waals surface area contributed by atoms with E-state index in [1.807, 2.05) is 4.90 Å². The van der Waals surface area contributed by atoms with Crippen molar-refractivity contribution >= 4 is 12.1 Å². The minimum atomic E-state index is 0.0000180. The number of benzene rings is 1. The van der Waals surface area contributed by atoms with Crippen LogP contribution in [0.4, 0.5) is 5.69 Å². The second-order valence-electron chi connectivity index (χ2n) is 5.82. The Labute approximate surface area is 110 Å². The van der Waals surface area contributed by atoms with Crippen LogP contribution in [0, 0.1) is 13.8 Å². The molecular weight excluding hydrogens is 222 g/mol. The molecule has 2 rings (SSSR count). The van der Waals surface area contributed by atoms with Gasteiger partial charge in [0.1, 0.15) is 0 Å². The first kappa shape index (κ1) is 13.1. The highest BCUT2D eigenvalue weighted by atomic mass is 16.1. The molecule has 0 radical (unpaired) electrons. The number of hydrogen-bond acceptors (Lipinski definition) is 1. The third-order valence-electron chi connectivity index (χ3n) is 4.23. The molecule has 2 heteroatoms. The van der Waals surface area contributed by atoms with Crippen LogP contribution in [0.2, 0.25) is 0 Å². The van der Waals surface area contributed by atoms with Crippen molar-refractivity contribution in [3.63, 3.8) is 0 Å². The lowest BCUT2D eigenvalue weighted by Gasteiger charge is -2.42. The van der Waals surface area contributed by atoms with Gasteiger partial charge in [-0.05, 0) is 45.2 Å². The number of nitrogens with zero attached hydrogens (tertiary/aromatic N) is 1. The second-order valence-corrected chi connectivity index (χ2v) is 5.82. The highest BCUT2D eigenvalue weighted by molar-refractivity contribution is 5.79. The van der Waals surface area contributed by atoms with Gasteiger partial charge in [-0.25, -0.2) is 0 Å². The molecule has 98 valence electrons. The van der Waals surface area contributed by atoms with Gasteiger partial charge in [-0.15, -0.1) is 0 Å². The van der Waals surface area contributed by atoms with Crippen LogP contribution in [0.1, 0.15) is 50.2 Å². The minimum absolute atomic E-state index is 0.0000180. The first-order chi connectivity index (χ1) is 8.57. The first-order valence-corrected chi connectivity index (χ1v) is 6.89. The third kappa shape index (κ3) is 2.43. The van der Waals surface area contributed by atoms with Crippen LogP contribution in [0.3, 0.4) is 0 Å². The molecule has 0 N–H and O–H groups in total. The predicted molar refractivity (Wildman–Crippen MR) is 75.9 cm³/mol. The van der Waals surface area contributed by atoms with Gasteiger partial charge in [0.05, 0.1) is 0 Å². The van der Waals surface area contributed by atoms with E-state index in [1.165, 1.54) is 30.4 Å². The summed E-state index contributed by atoms with van der Waals surface area (Å²) in [6.07, 6.45) is 6.99. The molecule has 0 unspecified atom stereocenters. The number of carbonyl (C=O) groups excluding carboxylic acids is 1. The quantitative estimate of drug-likeness (QED) is 0.737. The Morgan fingerprint density at radius 1 is 1.17 bits per heavy atom. The summed E-state index contributed by atoms with van der Waals surface area (Å²) in [6, 6.07) is 6.32. The van der Waals surface area contributed by atoms with E-state index in [0.717, 1.165) is 24.9 Å². The van der Waals surface area contributed by atoms with Crippen LogP contribution in [0.25, 0.3) is 0 Å². The normalized spacial score (nSPS) is 18.4. The van der Waals surface area contributed by atoms with E-state index in [4.69, 9.17) is 0 Å². The maximum Gasteiger partial charge on any atom is 0.214 e. The zero-order valence-corrected chi connectivity index (χ0v) is 11.7. The molecule has 0 aliphatic heterocycles. The van der Waals surface area contributed by atoms with Crippen LogP contribution >= 0.6 is 0 Å². The van der Waals surface area contributed by atoms with Crippen molar-refractivity contribution in [1.82, 2.24) is 0 Å². The van der Waals surface area contributed by atoms with Gasteiger partial charge in [0.25, 0.3) is 0 Å². The summed E-state index contributed by atoms with van der Waals surface area (Å²) in [5.41, 5.74) is 3.50. The topological polar surface area (TPSA) is 20.3 Å². The average molecular weight is 245 g/mol. The van der Waals surface area contributed by atoms with E-state index < -0.39 is 0 Å². The molecular formula is C16H23NO. The van der Waals surface area contributed by atoms with Gasteiger partial charge in [-0.2, -0.15) is 0 Å². The van der Waals surface area contributed by atoms with Gasteiger partial charge in [-0.1, -0.05) is 37.0 Å². The average Bonchev–Trinajstić information content (AvgIpc) is 2.33. The van der Waals surface area contributed by atoms with Gasteiger partial charge in [0, 0.05) is 11.2 Å². The molecule has 2 nitrogen and oxygen atoms in total. The van der Waals surface area contributed by atoms with Crippen molar-refractivity contribution in [2.75, 3.05) is 4.90 Å². The number of rotatable bonds is 3. The zero-order chi connectivity index (χ0) is 13.2. The number of amides is 1. The van der Waals surface area contributed by atoms with Crippen LogP contribution < -0.4 is 4.90 Å². The van der Waals surface area contributed by atoms with E-state index in [2.05, 4.69) is 39.0 Å². The van der Waals surface area contributed by atoms with Crippen LogP contribution in [0.15, 0.2) is 18.2 Å². The SMILES string of the molecule is Cc1ccc(N(C=O)C2(C)CCCCC2)c(C)c1. The number of aryl methyl sites for hydroxylation is 2. The van der Waals surface area contributed by atoms with Crippen molar-refractivity contribution in [3.05, 3.63) is 29.3 Å². The van der Waals surface area contributed by atoms with Crippen molar-refractivity contribution < 1.29 is 4.79 Å². The number of hydrogen-bond donors (Lipinski definition) is 0. The standard InChI is InChI=1S/C16H23NO/c1-13-7-8-15(14(2)11-13)17(12-18)16(3)9-5-4-6-10-16/h7-8,11-12H,4-6,9-10H2,1-3H3. The van der Waals surface area contributed by atoms with Crippen LogP contribution in [-0.4, -0.2) is 11.9 Å². The van der Waals surface area contributed by atoms with Gasteiger partial charge in [0.2, 0.25) is 6.41 Å². The molecule has 1 aliphatic rings. The highest BCUT2D eigenvalue weighted by Gasteiger charge is 2.34. The summed E-state index contributed by atoms with van der Waals surface area (Å²) < 4.78 is 0. The smallest absolute Gasteiger partial charge is 0.214 e. The summed E-state index contributed by atoms with van der Waals surface area (Å²) in [5.74, 6) is 0. The highest BCUT2D eigenvalue weighted by Crippen LogP contribution is 2.36. The van der Waals surface area contributed by atoms with Crippen LogP contribution in [-0.2, 0) is 4.79 Å². The second kappa shape index (κ2) is 5.13. The zero-order valence-electron chi connectivity index (χ0n) is 11.7. The lowest BCUT2D eigenvalue weighted by molar-refractivity contribution is -0.108. The van der Waals surface area contributed by atoms with E-state index >= 15 is 0 Å². The molecule has 18 heavy (non-hydrogen) atoms. The summed E-state index contributed by atoms with van der Waals surface area (Å²) in [4.78, 5) is 13.5. The largest absolute Gasteiger partial charge is 0.309 e. The Morgan fingerprint density at radius 3 is 2.39 bits per heavy atom. The van der Waals surface area contributed by atoms with Crippen molar-refractivity contribution in [2.24, 2.45) is 0 Å². The van der Waals surface area contributed by atoms with E-state index in [9.17, 15) is 4.79 Å². The summed E-state index contributed by atoms with van der Waals surface area (Å²) >= 11 is 0. The summed E-state index contributed by atoms with van der Waals surface area (Å²) in [5, 5.41) is 0. The fourth-order valence-corrected chi connectivity index (χ4v) is 3.10. The molecule has 0 spiro atoms. The predicted octanol–water partition coefficient (Wildman–Crippen LogP) is 3.99. The van der Waals surface area contributed by atoms with Crippen LogP contribution in [0.5, 0.6) is 0 Å². The lowest BCUT2D eigenvalue weighted by atomic mass is 9.81. The summed E-state index contributed by atoms with van der Waals surface area (Å²) in [7, 11) is 0. The lowest BCUT2D eigenvalue weighted by Crippen LogP contribution is -2.47. The molecule has 0 saturated heterocycles. The maximum absolute atomic E-state index is 11.6. The monoisotopic (exact) mass is 245 g/mol. The third-order valence-corrected chi connectivity index (χ3v) is 4.23. The molecule has 0 bridgehead atoms. The van der Waals surface area contributed by atoms with Crippen molar-refractivity contribution in [2.45, 2.75) is 58.4 Å². The van der Waals surface area contributed by atoms with Gasteiger partial charge < -0.3 is 4.90 Å². The Morgan fingerprint density at radius 2 is 1.83 bits per heavy atom. The Bertz CT molecular complexity index is 433. The van der Waals surface area contributed by atoms with Gasteiger partial charge in [0.15, 0.2) is 0 Å². The molecule has 0 aromatic heterocycles. The van der Waals surface area contributed by atoms with Crippen molar-refractivity contribution in [3.8, 4) is 0 Å². The molecule has 1 aliphatic carbocycles. The number of carbonyl (C=O) groups is 1. The van der Waals surface area contributed by atoms with E-state index in [-0.39, 0.29) is 5.54 Å². The molecule has 1 aromatic rings. The number of anilines is 1. The molecule has 1 fully saturated rings. The first-order valence-electron chi connectivity index (χ1n) is 6.89. The van der Waals surface area contributed by atoms with E-state index in [0.29, 0.717) is 0 Å². The molecule has 1 saturated carbocycles. The Hall–Kier alpha value is -1.31. The minimum Gasteiger partial charge on any atom is -0.309 e. The summed E-state index contributed by atoms with van der Waals surface area (Å²) in [6.45, 7) is 6.40.